The molecule has 1 atom stereocenters. The van der Waals surface area contributed by atoms with Gasteiger partial charge in [-0.2, -0.15) is 0 Å². The van der Waals surface area contributed by atoms with E-state index in [1.165, 1.54) is 6.07 Å². The lowest BCUT2D eigenvalue weighted by atomic mass is 10.1. The van der Waals surface area contributed by atoms with Crippen molar-refractivity contribution in [1.82, 2.24) is 4.90 Å². The molecule has 0 saturated carbocycles. The van der Waals surface area contributed by atoms with E-state index in [0.717, 1.165) is 0 Å². The fourth-order valence-corrected chi connectivity index (χ4v) is 1.93. The maximum absolute atomic E-state index is 11.0. The van der Waals surface area contributed by atoms with Crippen LogP contribution in [0.2, 0.25) is 0 Å². The van der Waals surface area contributed by atoms with E-state index in [1.54, 1.807) is 19.1 Å². The molecule has 0 heterocycles. The monoisotopic (exact) mass is 268 g/mol. The van der Waals surface area contributed by atoms with E-state index in [9.17, 15) is 15.2 Å². The number of nitrogens with two attached hydrogens (primary N) is 1. The Balaban J connectivity index is 2.84. The van der Waals surface area contributed by atoms with Crippen molar-refractivity contribution in [2.24, 2.45) is 0 Å². The van der Waals surface area contributed by atoms with E-state index in [0.29, 0.717) is 12.2 Å². The Labute approximate surface area is 112 Å². The number of likely N-dealkylation sites (N-methyl/N-ethyl adjacent to an activating group) is 1. The van der Waals surface area contributed by atoms with Crippen molar-refractivity contribution in [2.45, 2.75) is 12.5 Å². The zero-order valence-corrected chi connectivity index (χ0v) is 11.4. The number of rotatable bonds is 6. The van der Waals surface area contributed by atoms with E-state index in [-0.39, 0.29) is 17.9 Å². The summed E-state index contributed by atoms with van der Waals surface area (Å²) in [5.41, 5.74) is 4.84. The summed E-state index contributed by atoms with van der Waals surface area (Å²) in [6.07, 6.45) is 0. The lowest BCUT2D eigenvalue weighted by Crippen LogP contribution is -2.43. The van der Waals surface area contributed by atoms with Crippen molar-refractivity contribution in [1.29, 1.82) is 0 Å². The van der Waals surface area contributed by atoms with Crippen LogP contribution in [0.25, 0.3) is 0 Å². The Morgan fingerprint density at radius 3 is 2.68 bits per heavy atom. The minimum Gasteiger partial charge on any atom is -0.393 e. The molecular formula is C12H20N4O3. The van der Waals surface area contributed by atoms with Gasteiger partial charge in [0.15, 0.2) is 0 Å². The van der Waals surface area contributed by atoms with Crippen LogP contribution in [0.3, 0.4) is 0 Å². The normalized spacial score (nSPS) is 14.2. The highest BCUT2D eigenvalue weighted by Crippen LogP contribution is 2.30. The van der Waals surface area contributed by atoms with Crippen molar-refractivity contribution in [3.05, 3.63) is 28.3 Å². The van der Waals surface area contributed by atoms with Crippen LogP contribution in [-0.2, 0) is 0 Å². The fraction of sp³-hybridized carbons (Fsp3) is 0.500. The van der Waals surface area contributed by atoms with Crippen LogP contribution in [-0.4, -0.2) is 47.7 Å². The van der Waals surface area contributed by atoms with E-state index in [4.69, 9.17) is 5.73 Å². The van der Waals surface area contributed by atoms with Crippen LogP contribution < -0.4 is 11.1 Å². The number of nitro groups is 1. The minimum atomic E-state index is -0.998. The average Bonchev–Trinajstić information content (AvgIpc) is 2.24. The quantitative estimate of drug-likeness (QED) is 0.402. The van der Waals surface area contributed by atoms with Crippen LogP contribution in [0.5, 0.6) is 0 Å². The molecule has 1 aromatic rings. The van der Waals surface area contributed by atoms with Crippen LogP contribution in [0.15, 0.2) is 18.2 Å². The van der Waals surface area contributed by atoms with Crippen LogP contribution in [0.1, 0.15) is 6.92 Å². The lowest BCUT2D eigenvalue weighted by Gasteiger charge is -2.27. The largest absolute Gasteiger partial charge is 0.393 e. The molecule has 7 nitrogen and oxygen atoms in total. The number of anilines is 2. The molecule has 0 fully saturated rings. The minimum absolute atomic E-state index is 0.0993. The second-order valence-corrected chi connectivity index (χ2v) is 5.09. The first-order chi connectivity index (χ1) is 8.73. The number of para-hydroxylation sites is 1. The summed E-state index contributed by atoms with van der Waals surface area (Å²) < 4.78 is 0. The third-order valence-electron chi connectivity index (χ3n) is 2.57. The summed E-state index contributed by atoms with van der Waals surface area (Å²) in [6, 6.07) is 4.67. The van der Waals surface area contributed by atoms with Gasteiger partial charge in [-0.3, -0.25) is 10.1 Å². The van der Waals surface area contributed by atoms with Gasteiger partial charge in [0, 0.05) is 13.1 Å². The number of hydrogen-bond acceptors (Lipinski definition) is 6. The van der Waals surface area contributed by atoms with Crippen LogP contribution in [0, 0.1) is 10.1 Å². The number of nitrogens with zero attached hydrogens (tertiary/aromatic N) is 2. The zero-order valence-electron chi connectivity index (χ0n) is 11.4. The molecule has 1 rings (SSSR count). The Morgan fingerprint density at radius 1 is 1.53 bits per heavy atom. The molecule has 1 aromatic carbocycles. The van der Waals surface area contributed by atoms with Crippen molar-refractivity contribution < 1.29 is 10.0 Å². The number of nitrogens with one attached hydrogen (secondary N) is 1. The van der Waals surface area contributed by atoms with Gasteiger partial charge in [0.05, 0.1) is 10.5 Å². The smallest absolute Gasteiger partial charge is 0.314 e. The highest BCUT2D eigenvalue weighted by molar-refractivity contribution is 5.74. The van der Waals surface area contributed by atoms with Gasteiger partial charge in [-0.15, -0.1) is 0 Å². The van der Waals surface area contributed by atoms with Crippen molar-refractivity contribution in [2.75, 3.05) is 38.2 Å². The molecule has 0 radical (unpaired) electrons. The number of aliphatic hydroxyl groups is 1. The Bertz CT molecular complexity index is 460. The average molecular weight is 268 g/mol. The van der Waals surface area contributed by atoms with Crippen molar-refractivity contribution in [3.8, 4) is 0 Å². The SMILES string of the molecule is CN(C)CC(C)(O)CNc1cccc(N)c1[N+](=O)[O-]. The first-order valence-electron chi connectivity index (χ1n) is 5.87. The molecule has 7 heteroatoms. The maximum atomic E-state index is 11.0. The Hall–Kier alpha value is -1.86. The van der Waals surface area contributed by atoms with Crippen molar-refractivity contribution >= 4 is 17.1 Å². The fourth-order valence-electron chi connectivity index (χ4n) is 1.93. The molecule has 4 N–H and O–H groups in total. The van der Waals surface area contributed by atoms with Gasteiger partial charge in [0.1, 0.15) is 11.4 Å². The lowest BCUT2D eigenvalue weighted by molar-refractivity contribution is -0.383. The molecule has 0 amide bonds. The third kappa shape index (κ3) is 4.38. The molecule has 0 aliphatic carbocycles. The molecular weight excluding hydrogens is 248 g/mol. The molecule has 0 saturated heterocycles. The predicted octanol–water partition coefficient (Wildman–Crippen LogP) is 0.901. The topological polar surface area (TPSA) is 105 Å². The van der Waals surface area contributed by atoms with Crippen LogP contribution >= 0.6 is 0 Å². The second kappa shape index (κ2) is 5.85. The van der Waals surface area contributed by atoms with Gasteiger partial charge < -0.3 is 21.1 Å². The van der Waals surface area contributed by atoms with Crippen LogP contribution in [0.4, 0.5) is 17.1 Å². The standard InChI is InChI=1S/C12H20N4O3/c1-12(17,8-15(2)3)7-14-10-6-4-5-9(13)11(10)16(18)19/h4-6,14,17H,7-8,13H2,1-3H3. The molecule has 0 bridgehead atoms. The Morgan fingerprint density at radius 2 is 2.16 bits per heavy atom. The predicted molar refractivity (Wildman–Crippen MR) is 75.2 cm³/mol. The van der Waals surface area contributed by atoms with Gasteiger partial charge in [-0.1, -0.05) is 6.07 Å². The second-order valence-electron chi connectivity index (χ2n) is 5.09. The maximum Gasteiger partial charge on any atom is 0.314 e. The molecule has 1 unspecified atom stereocenters. The van der Waals surface area contributed by atoms with Gasteiger partial charge in [-0.05, 0) is 33.2 Å². The van der Waals surface area contributed by atoms with E-state index in [1.807, 2.05) is 19.0 Å². The zero-order chi connectivity index (χ0) is 14.6. The number of hydrogen-bond donors (Lipinski definition) is 3. The van der Waals surface area contributed by atoms with Gasteiger partial charge in [0.2, 0.25) is 0 Å². The summed E-state index contributed by atoms with van der Waals surface area (Å²) in [4.78, 5) is 12.3. The van der Waals surface area contributed by atoms with E-state index in [2.05, 4.69) is 5.32 Å². The Kier molecular flexibility index (Phi) is 4.68. The summed E-state index contributed by atoms with van der Waals surface area (Å²) in [6.45, 7) is 2.30. The summed E-state index contributed by atoms with van der Waals surface area (Å²) in [5.74, 6) is 0. The summed E-state index contributed by atoms with van der Waals surface area (Å²) >= 11 is 0. The number of nitrogen functional groups attached to an aromatic ring is 1. The van der Waals surface area contributed by atoms with E-state index < -0.39 is 10.5 Å². The molecule has 19 heavy (non-hydrogen) atoms. The molecule has 0 spiro atoms. The third-order valence-corrected chi connectivity index (χ3v) is 2.57. The van der Waals surface area contributed by atoms with Crippen molar-refractivity contribution in [3.63, 3.8) is 0 Å². The molecule has 0 aromatic heterocycles. The van der Waals surface area contributed by atoms with E-state index >= 15 is 0 Å². The highest BCUT2D eigenvalue weighted by atomic mass is 16.6. The molecule has 0 aliphatic rings. The summed E-state index contributed by atoms with van der Waals surface area (Å²) in [7, 11) is 3.69. The molecule has 106 valence electrons. The number of nitro benzene ring substituents is 1. The first-order valence-corrected chi connectivity index (χ1v) is 5.87. The first kappa shape index (κ1) is 15.2. The summed E-state index contributed by atoms with van der Waals surface area (Å²) in [5, 5.41) is 24.0. The van der Waals surface area contributed by atoms with Gasteiger partial charge in [-0.25, -0.2) is 0 Å². The molecule has 0 aliphatic heterocycles. The number of benzene rings is 1. The van der Waals surface area contributed by atoms with Gasteiger partial charge >= 0.3 is 5.69 Å². The van der Waals surface area contributed by atoms with Gasteiger partial charge in [0.25, 0.3) is 0 Å². The highest BCUT2D eigenvalue weighted by Gasteiger charge is 2.24.